The third-order valence-corrected chi connectivity index (χ3v) is 3.95. The van der Waals surface area contributed by atoms with Crippen LogP contribution in [-0.2, 0) is 4.74 Å². The van der Waals surface area contributed by atoms with Gasteiger partial charge in [0.1, 0.15) is 0 Å². The quantitative estimate of drug-likeness (QED) is 0.916. The zero-order valence-corrected chi connectivity index (χ0v) is 12.9. The van der Waals surface area contributed by atoms with Crippen LogP contribution in [-0.4, -0.2) is 17.7 Å². The van der Waals surface area contributed by atoms with Crippen molar-refractivity contribution in [2.45, 2.75) is 27.7 Å². The summed E-state index contributed by atoms with van der Waals surface area (Å²) in [6, 6.07) is 6.26. The number of amides is 1. The molecule has 1 aromatic carbocycles. The number of benzene rings is 1. The number of carbonyl (C=O) groups excluding carboxylic acids is 1. The Morgan fingerprint density at radius 2 is 2.05 bits per heavy atom. The van der Waals surface area contributed by atoms with Crippen molar-refractivity contribution in [2.75, 3.05) is 11.9 Å². The lowest BCUT2D eigenvalue weighted by Gasteiger charge is -2.03. The average molecular weight is 290 g/mol. The van der Waals surface area contributed by atoms with Gasteiger partial charge in [0.15, 0.2) is 5.13 Å². The summed E-state index contributed by atoms with van der Waals surface area (Å²) in [6.07, 6.45) is -0.465. The molecular formula is C15H18N2O2S. The molecule has 1 heterocycles. The van der Waals surface area contributed by atoms with Crippen LogP contribution in [0, 0.1) is 20.8 Å². The lowest BCUT2D eigenvalue weighted by Crippen LogP contribution is -2.12. The molecule has 106 valence electrons. The predicted molar refractivity (Wildman–Crippen MR) is 82.4 cm³/mol. The maximum absolute atomic E-state index is 11.4. The second-order valence-electron chi connectivity index (χ2n) is 4.57. The van der Waals surface area contributed by atoms with E-state index in [0.717, 1.165) is 16.1 Å². The molecule has 2 aromatic rings. The number of rotatable bonds is 3. The molecule has 0 saturated heterocycles. The van der Waals surface area contributed by atoms with Gasteiger partial charge in [-0.25, -0.2) is 9.78 Å². The van der Waals surface area contributed by atoms with Gasteiger partial charge in [-0.3, -0.25) is 5.32 Å². The van der Waals surface area contributed by atoms with Crippen LogP contribution in [0.1, 0.15) is 22.9 Å². The van der Waals surface area contributed by atoms with E-state index in [1.807, 2.05) is 6.92 Å². The minimum atomic E-state index is -0.465. The zero-order chi connectivity index (χ0) is 14.7. The number of aromatic nitrogens is 1. The van der Waals surface area contributed by atoms with Gasteiger partial charge >= 0.3 is 6.09 Å². The zero-order valence-electron chi connectivity index (χ0n) is 12.1. The maximum atomic E-state index is 11.4. The lowest BCUT2D eigenvalue weighted by molar-refractivity contribution is 0.168. The highest BCUT2D eigenvalue weighted by atomic mass is 32.1. The first-order chi connectivity index (χ1) is 9.51. The summed E-state index contributed by atoms with van der Waals surface area (Å²) >= 11 is 1.45. The summed E-state index contributed by atoms with van der Waals surface area (Å²) < 4.78 is 4.85. The Morgan fingerprint density at radius 1 is 1.30 bits per heavy atom. The molecule has 1 N–H and O–H groups in total. The number of carbonyl (C=O) groups is 1. The molecule has 0 aliphatic heterocycles. The van der Waals surface area contributed by atoms with Crippen LogP contribution >= 0.6 is 11.3 Å². The molecule has 0 fully saturated rings. The molecule has 2 rings (SSSR count). The van der Waals surface area contributed by atoms with Crippen molar-refractivity contribution in [3.63, 3.8) is 0 Å². The molecule has 0 aliphatic rings. The Balaban J connectivity index is 2.27. The first-order valence-corrected chi connectivity index (χ1v) is 7.31. The van der Waals surface area contributed by atoms with Crippen LogP contribution in [0.2, 0.25) is 0 Å². The third kappa shape index (κ3) is 3.17. The van der Waals surface area contributed by atoms with Gasteiger partial charge in [0.25, 0.3) is 0 Å². The number of nitrogens with one attached hydrogen (secondary N) is 1. The van der Waals surface area contributed by atoms with Crippen molar-refractivity contribution < 1.29 is 9.53 Å². The summed E-state index contributed by atoms with van der Waals surface area (Å²) in [5, 5.41) is 3.21. The molecule has 0 saturated carbocycles. The fraction of sp³-hybridized carbons (Fsp3) is 0.333. The van der Waals surface area contributed by atoms with Gasteiger partial charge in [-0.2, -0.15) is 0 Å². The minimum Gasteiger partial charge on any atom is -0.450 e. The van der Waals surface area contributed by atoms with Crippen LogP contribution in [0.25, 0.3) is 11.3 Å². The Labute approximate surface area is 122 Å². The van der Waals surface area contributed by atoms with Crippen LogP contribution in [0.3, 0.4) is 0 Å². The van der Waals surface area contributed by atoms with E-state index < -0.39 is 6.09 Å². The van der Waals surface area contributed by atoms with E-state index in [0.29, 0.717) is 11.7 Å². The Hall–Kier alpha value is -1.88. The lowest BCUT2D eigenvalue weighted by atomic mass is 10.0. The van der Waals surface area contributed by atoms with E-state index >= 15 is 0 Å². The number of aryl methyl sites for hydroxylation is 3. The number of nitrogens with zero attached hydrogens (tertiary/aromatic N) is 1. The summed E-state index contributed by atoms with van der Waals surface area (Å²) in [5.74, 6) is 0. The number of anilines is 1. The van der Waals surface area contributed by atoms with Gasteiger partial charge < -0.3 is 4.74 Å². The molecule has 1 amide bonds. The number of thiazole rings is 1. The van der Waals surface area contributed by atoms with Crippen LogP contribution in [0.4, 0.5) is 9.93 Å². The fourth-order valence-electron chi connectivity index (χ4n) is 1.86. The largest absolute Gasteiger partial charge is 0.450 e. The molecule has 0 spiro atoms. The topological polar surface area (TPSA) is 51.2 Å². The molecular weight excluding hydrogens is 272 g/mol. The predicted octanol–water partition coefficient (Wildman–Crippen LogP) is 4.30. The van der Waals surface area contributed by atoms with E-state index in [-0.39, 0.29) is 0 Å². The Morgan fingerprint density at radius 3 is 2.70 bits per heavy atom. The molecule has 0 radical (unpaired) electrons. The maximum Gasteiger partial charge on any atom is 0.413 e. The van der Waals surface area contributed by atoms with E-state index in [4.69, 9.17) is 4.74 Å². The third-order valence-electron chi connectivity index (χ3n) is 3.06. The van der Waals surface area contributed by atoms with Gasteiger partial charge in [0, 0.05) is 10.4 Å². The van der Waals surface area contributed by atoms with E-state index in [2.05, 4.69) is 42.3 Å². The van der Waals surface area contributed by atoms with E-state index in [9.17, 15) is 4.79 Å². The Bertz CT molecular complexity index is 635. The fourth-order valence-corrected chi connectivity index (χ4v) is 2.68. The molecule has 1 aromatic heterocycles. The summed E-state index contributed by atoms with van der Waals surface area (Å²) in [6.45, 7) is 8.28. The first kappa shape index (κ1) is 14.5. The highest BCUT2D eigenvalue weighted by Crippen LogP contribution is 2.31. The summed E-state index contributed by atoms with van der Waals surface area (Å²) in [4.78, 5) is 17.0. The second-order valence-corrected chi connectivity index (χ2v) is 5.77. The summed E-state index contributed by atoms with van der Waals surface area (Å²) in [5.41, 5.74) is 4.46. The smallest absolute Gasteiger partial charge is 0.413 e. The molecule has 20 heavy (non-hydrogen) atoms. The second kappa shape index (κ2) is 6.05. The van der Waals surface area contributed by atoms with Crippen molar-refractivity contribution in [1.82, 2.24) is 4.98 Å². The van der Waals surface area contributed by atoms with Crippen molar-refractivity contribution in [1.29, 1.82) is 0 Å². The van der Waals surface area contributed by atoms with Crippen LogP contribution in [0.5, 0.6) is 0 Å². The standard InChI is InChI=1S/C15H18N2O2S/c1-5-19-15(18)17-14-16-13(11(4)20-14)12-7-6-9(2)10(3)8-12/h6-8H,5H2,1-4H3,(H,16,17,18). The number of hydrogen-bond acceptors (Lipinski definition) is 4. The van der Waals surface area contributed by atoms with Gasteiger partial charge in [-0.1, -0.05) is 12.1 Å². The van der Waals surface area contributed by atoms with Crippen molar-refractivity contribution in [3.05, 3.63) is 34.2 Å². The summed E-state index contributed by atoms with van der Waals surface area (Å²) in [7, 11) is 0. The van der Waals surface area contributed by atoms with Crippen LogP contribution in [0.15, 0.2) is 18.2 Å². The molecule has 0 unspecified atom stereocenters. The highest BCUT2D eigenvalue weighted by molar-refractivity contribution is 7.16. The number of ether oxygens (including phenoxy) is 1. The van der Waals surface area contributed by atoms with Crippen molar-refractivity contribution >= 4 is 22.6 Å². The monoisotopic (exact) mass is 290 g/mol. The molecule has 4 nitrogen and oxygen atoms in total. The van der Waals surface area contributed by atoms with Gasteiger partial charge in [0.2, 0.25) is 0 Å². The SMILES string of the molecule is CCOC(=O)Nc1nc(-c2ccc(C)c(C)c2)c(C)s1. The minimum absolute atomic E-state index is 0.347. The molecule has 5 heteroatoms. The Kier molecular flexibility index (Phi) is 4.39. The van der Waals surface area contributed by atoms with Crippen molar-refractivity contribution in [2.24, 2.45) is 0 Å². The average Bonchev–Trinajstić information content (AvgIpc) is 2.74. The highest BCUT2D eigenvalue weighted by Gasteiger charge is 2.12. The normalized spacial score (nSPS) is 10.4. The number of hydrogen-bond donors (Lipinski definition) is 1. The first-order valence-electron chi connectivity index (χ1n) is 6.50. The molecule has 0 aliphatic carbocycles. The van der Waals surface area contributed by atoms with Gasteiger partial charge in [-0.05, 0) is 44.9 Å². The van der Waals surface area contributed by atoms with Gasteiger partial charge in [-0.15, -0.1) is 11.3 Å². The van der Waals surface area contributed by atoms with Crippen molar-refractivity contribution in [3.8, 4) is 11.3 Å². The molecule has 0 atom stereocenters. The van der Waals surface area contributed by atoms with E-state index in [1.165, 1.54) is 22.5 Å². The van der Waals surface area contributed by atoms with Crippen LogP contribution < -0.4 is 5.32 Å². The van der Waals surface area contributed by atoms with Gasteiger partial charge in [0.05, 0.1) is 12.3 Å². The molecule has 0 bridgehead atoms. The van der Waals surface area contributed by atoms with E-state index in [1.54, 1.807) is 6.92 Å².